The summed E-state index contributed by atoms with van der Waals surface area (Å²) in [6.45, 7) is 18.7. The van der Waals surface area contributed by atoms with Crippen LogP contribution in [0, 0.1) is 35.5 Å². The fraction of sp³-hybridized carbons (Fsp3) is 0.444. The summed E-state index contributed by atoms with van der Waals surface area (Å²) in [5.41, 5.74) is 4.37. The van der Waals surface area contributed by atoms with E-state index in [2.05, 4.69) is 53.0 Å². The Kier molecular flexibility index (Phi) is 33.8. The van der Waals surface area contributed by atoms with Gasteiger partial charge in [0.25, 0.3) is 0 Å². The Balaban J connectivity index is 0.871. The molecule has 0 aliphatic heterocycles. The summed E-state index contributed by atoms with van der Waals surface area (Å²) in [4.78, 5) is 89.1. The molecule has 0 saturated heterocycles. The normalized spacial score (nSPS) is 16.1. The summed E-state index contributed by atoms with van der Waals surface area (Å²) >= 11 is 3.15. The SMILES string of the molecule is C=CC(=O)OCCCCCCOc1ccc(OC(=O)C2CCC(C(=O)Oc3ccc(-c4ccc(OC(=O)C5CCC(C(=O)Oc6ccc(OCCCCCCOC(=O)C=C)cc6)CC5)c(/C=N/N(CC(CC)CCCC)c5nc6ccccc6s5)c4)cc3/C=N/N(CC(CC)CCCC)c3nc4ccccc4s3)CC2)cc1. The lowest BCUT2D eigenvalue weighted by molar-refractivity contribution is -0.145. The van der Waals surface area contributed by atoms with Gasteiger partial charge in [0.1, 0.15) is 34.5 Å². The first-order valence-electron chi connectivity index (χ1n) is 40.2. The summed E-state index contributed by atoms with van der Waals surface area (Å²) in [6.07, 6.45) is 24.5. The van der Waals surface area contributed by atoms with Gasteiger partial charge in [0.15, 0.2) is 0 Å². The third kappa shape index (κ3) is 26.0. The number of carbonyl (C=O) groups is 6. The average Bonchev–Trinajstić information content (AvgIpc) is 1.48. The highest BCUT2D eigenvalue weighted by atomic mass is 32.1. The van der Waals surface area contributed by atoms with Gasteiger partial charge in [-0.15, -0.1) is 0 Å². The molecule has 594 valence electrons. The van der Waals surface area contributed by atoms with E-state index in [1.807, 2.05) is 70.7 Å². The molecule has 2 aliphatic carbocycles. The first-order valence-corrected chi connectivity index (χ1v) is 41.9. The van der Waals surface area contributed by atoms with E-state index in [-0.39, 0.29) is 11.9 Å². The Morgan fingerprint density at radius 3 is 1.13 bits per heavy atom. The van der Waals surface area contributed by atoms with Crippen LogP contribution in [0.2, 0.25) is 0 Å². The van der Waals surface area contributed by atoms with Crippen molar-refractivity contribution in [3.8, 4) is 45.6 Å². The van der Waals surface area contributed by atoms with Crippen LogP contribution in [0.3, 0.4) is 0 Å². The molecule has 0 bridgehead atoms. The minimum atomic E-state index is -0.479. The molecule has 2 fully saturated rings. The van der Waals surface area contributed by atoms with Crippen molar-refractivity contribution in [3.63, 3.8) is 0 Å². The molecule has 22 heteroatoms. The molecular formula is C90H108N6O14S2. The van der Waals surface area contributed by atoms with Gasteiger partial charge >= 0.3 is 35.8 Å². The van der Waals surface area contributed by atoms with Crippen molar-refractivity contribution in [1.29, 1.82) is 0 Å². The molecule has 0 amide bonds. The lowest BCUT2D eigenvalue weighted by Crippen LogP contribution is -2.30. The van der Waals surface area contributed by atoms with Gasteiger partial charge < -0.3 is 37.9 Å². The molecule has 8 aromatic rings. The minimum absolute atomic E-state index is 0.315. The van der Waals surface area contributed by atoms with Crippen LogP contribution in [0.25, 0.3) is 31.6 Å². The standard InChI is InChI=1S/C90H108N6O14S2/c1-7-13-27-63(9-3)61-95(89-93-77-29-19-21-31-81(77)111-89)91-59-71-57-69(41-51-79(71)109-87(101)67-37-33-65(34-38-67)85(99)107-75-47-43-73(44-48-75)103-53-23-15-17-25-55-105-83(97)11-5)70-42-52-80(72(58-70)60-92-96(62-64(10-4)28-14-8-2)90-94-78-30-20-22-32-82(78)112-90)110-88(102)68-39-35-66(36-40-68)86(100)108-76-49-45-74(46-50-76)104-54-24-16-18-26-56-106-84(98)12-6/h11-12,19-22,29-32,41-52,57-60,63-68H,5-10,13-18,23-28,33-40,53-56,61-62H2,1-4H3/b91-59+,92-60+. The second-order valence-corrected chi connectivity index (χ2v) is 30.9. The Morgan fingerprint density at radius 2 is 0.786 bits per heavy atom. The van der Waals surface area contributed by atoms with E-state index in [4.69, 9.17) is 58.1 Å². The topological polar surface area (TPSA) is 233 Å². The van der Waals surface area contributed by atoms with Gasteiger partial charge in [0.05, 0.1) is 83.0 Å². The number of hydrogen-bond donors (Lipinski definition) is 0. The minimum Gasteiger partial charge on any atom is -0.494 e. The molecule has 2 unspecified atom stereocenters. The summed E-state index contributed by atoms with van der Waals surface area (Å²) in [5.74, 6) is -0.664. The molecule has 0 N–H and O–H groups in total. The van der Waals surface area contributed by atoms with E-state index in [0.717, 1.165) is 157 Å². The summed E-state index contributed by atoms with van der Waals surface area (Å²) in [5, 5.41) is 15.9. The predicted octanol–water partition coefficient (Wildman–Crippen LogP) is 20.7. The Hall–Kier alpha value is -10.1. The van der Waals surface area contributed by atoms with Crippen LogP contribution in [0.4, 0.5) is 10.3 Å². The van der Waals surface area contributed by atoms with Crippen molar-refractivity contribution in [3.05, 3.63) is 170 Å². The van der Waals surface area contributed by atoms with Gasteiger partial charge in [-0.25, -0.2) is 29.6 Å². The third-order valence-electron chi connectivity index (χ3n) is 20.7. The second-order valence-electron chi connectivity index (χ2n) is 28.9. The van der Waals surface area contributed by atoms with Crippen molar-refractivity contribution in [2.24, 2.45) is 45.7 Å². The lowest BCUT2D eigenvalue weighted by Gasteiger charge is -2.26. The first kappa shape index (κ1) is 84.4. The average molecular weight is 1560 g/mol. The lowest BCUT2D eigenvalue weighted by atomic mass is 9.82. The molecule has 20 nitrogen and oxygen atoms in total. The van der Waals surface area contributed by atoms with Crippen molar-refractivity contribution in [2.75, 3.05) is 49.5 Å². The molecule has 112 heavy (non-hydrogen) atoms. The van der Waals surface area contributed by atoms with Gasteiger partial charge in [0.2, 0.25) is 10.3 Å². The van der Waals surface area contributed by atoms with Crippen LogP contribution in [0.5, 0.6) is 34.5 Å². The van der Waals surface area contributed by atoms with E-state index in [0.29, 0.717) is 148 Å². The van der Waals surface area contributed by atoms with Crippen molar-refractivity contribution >= 4 is 102 Å². The molecule has 2 aliphatic rings. The molecule has 2 aromatic heterocycles. The van der Waals surface area contributed by atoms with Gasteiger partial charge in [-0.2, -0.15) is 10.2 Å². The zero-order valence-corrected chi connectivity index (χ0v) is 67.0. The number of esters is 6. The molecule has 2 heterocycles. The monoisotopic (exact) mass is 1560 g/mol. The number of unbranched alkanes of at least 4 members (excludes halogenated alkanes) is 8. The Labute approximate surface area is 667 Å². The number of nitrogens with zero attached hydrogens (tertiary/aromatic N) is 6. The number of ether oxygens (including phenoxy) is 8. The molecule has 10 rings (SSSR count). The zero-order chi connectivity index (χ0) is 78.8. The summed E-state index contributed by atoms with van der Waals surface area (Å²) < 4.78 is 48.7. The van der Waals surface area contributed by atoms with Gasteiger partial charge in [-0.3, -0.25) is 19.2 Å². The number of para-hydroxylation sites is 2. The number of hydrogen-bond acceptors (Lipinski definition) is 22. The maximum absolute atomic E-state index is 14.6. The van der Waals surface area contributed by atoms with Crippen LogP contribution < -0.4 is 38.4 Å². The number of carbonyl (C=O) groups excluding carboxylic acids is 6. The second kappa shape index (κ2) is 44.8. The fourth-order valence-electron chi connectivity index (χ4n) is 13.8. The van der Waals surface area contributed by atoms with E-state index in [1.165, 1.54) is 0 Å². The molecule has 2 saturated carbocycles. The quantitative estimate of drug-likeness (QED) is 0.00861. The fourth-order valence-corrected chi connectivity index (χ4v) is 15.7. The number of thiazole rings is 2. The molecule has 6 aromatic carbocycles. The van der Waals surface area contributed by atoms with Crippen LogP contribution in [-0.2, 0) is 38.2 Å². The van der Waals surface area contributed by atoms with Crippen molar-refractivity contribution in [2.45, 2.75) is 182 Å². The highest BCUT2D eigenvalue weighted by molar-refractivity contribution is 7.22. The van der Waals surface area contributed by atoms with Crippen molar-refractivity contribution in [1.82, 2.24) is 9.97 Å². The van der Waals surface area contributed by atoms with Crippen molar-refractivity contribution < 1.29 is 66.7 Å². The van der Waals surface area contributed by atoms with Crippen LogP contribution in [-0.4, -0.2) is 97.7 Å². The largest absolute Gasteiger partial charge is 0.494 e. The number of aromatic nitrogens is 2. The Bertz CT molecular complexity index is 4080. The number of benzene rings is 6. The molecular weight excluding hydrogens is 1450 g/mol. The van der Waals surface area contributed by atoms with Crippen LogP contribution >= 0.6 is 22.7 Å². The van der Waals surface area contributed by atoms with E-state index >= 15 is 0 Å². The third-order valence-corrected chi connectivity index (χ3v) is 22.8. The molecule has 0 spiro atoms. The summed E-state index contributed by atoms with van der Waals surface area (Å²) in [7, 11) is 0. The summed E-state index contributed by atoms with van der Waals surface area (Å²) in [6, 6.07) is 41.5. The first-order chi connectivity index (χ1) is 54.7. The zero-order valence-electron chi connectivity index (χ0n) is 65.3. The highest BCUT2D eigenvalue weighted by Gasteiger charge is 2.35. The molecule has 2 atom stereocenters. The van der Waals surface area contributed by atoms with Gasteiger partial charge in [-0.1, -0.05) is 138 Å². The maximum atomic E-state index is 14.6. The van der Waals surface area contributed by atoms with Crippen LogP contribution in [0.1, 0.15) is 193 Å². The Morgan fingerprint density at radius 1 is 0.438 bits per heavy atom. The molecule has 0 radical (unpaired) electrons. The van der Waals surface area contributed by atoms with E-state index < -0.39 is 47.5 Å². The number of rotatable bonds is 45. The number of hydrazone groups is 2. The van der Waals surface area contributed by atoms with Crippen LogP contribution in [0.15, 0.2) is 169 Å². The van der Waals surface area contributed by atoms with E-state index in [9.17, 15) is 28.8 Å². The number of anilines is 2. The predicted molar refractivity (Wildman–Crippen MR) is 444 cm³/mol. The highest BCUT2D eigenvalue weighted by Crippen LogP contribution is 2.39. The van der Waals surface area contributed by atoms with Gasteiger partial charge in [-0.05, 0) is 236 Å². The number of fused-ring (bicyclic) bond motifs is 2. The maximum Gasteiger partial charge on any atom is 0.330 e. The smallest absolute Gasteiger partial charge is 0.330 e. The van der Waals surface area contributed by atoms with E-state index in [1.54, 1.807) is 95.8 Å². The van der Waals surface area contributed by atoms with Gasteiger partial charge in [0, 0.05) is 36.4 Å².